The van der Waals surface area contributed by atoms with E-state index in [0.29, 0.717) is 25.3 Å². The van der Waals surface area contributed by atoms with Gasteiger partial charge in [-0.25, -0.2) is 13.2 Å². The number of hydrogen-bond acceptors (Lipinski definition) is 7. The standard InChI is InChI=1S/C17H21NO5S2/c1-12-8-14(23-16(12)17(19)22-2)9-18(10-15-4-3-6-24-15)13-5-7-25(20,21)11-13/h3-4,6,8,13H,5,7,9-11H2,1-2H3. The molecule has 1 atom stereocenters. The van der Waals surface area contributed by atoms with Crippen molar-refractivity contribution in [2.45, 2.75) is 32.5 Å². The number of esters is 1. The highest BCUT2D eigenvalue weighted by Gasteiger charge is 2.33. The second-order valence-electron chi connectivity index (χ2n) is 6.26. The Morgan fingerprint density at radius 2 is 2.24 bits per heavy atom. The number of rotatable bonds is 6. The maximum absolute atomic E-state index is 11.9. The van der Waals surface area contributed by atoms with E-state index in [-0.39, 0.29) is 23.3 Å². The molecule has 0 radical (unpaired) electrons. The number of nitrogens with zero attached hydrogens (tertiary/aromatic N) is 1. The first-order valence-electron chi connectivity index (χ1n) is 8.02. The molecule has 1 aliphatic rings. The van der Waals surface area contributed by atoms with Gasteiger partial charge >= 0.3 is 5.97 Å². The second-order valence-corrected chi connectivity index (χ2v) is 9.52. The number of hydrogen-bond donors (Lipinski definition) is 0. The van der Waals surface area contributed by atoms with Gasteiger partial charge in [0.1, 0.15) is 5.76 Å². The topological polar surface area (TPSA) is 76.8 Å². The van der Waals surface area contributed by atoms with Crippen LogP contribution >= 0.6 is 11.3 Å². The Hall–Kier alpha value is -1.64. The van der Waals surface area contributed by atoms with E-state index in [9.17, 15) is 13.2 Å². The highest BCUT2D eigenvalue weighted by Crippen LogP contribution is 2.25. The van der Waals surface area contributed by atoms with Crippen molar-refractivity contribution in [3.8, 4) is 0 Å². The lowest BCUT2D eigenvalue weighted by molar-refractivity contribution is 0.0559. The van der Waals surface area contributed by atoms with Crippen molar-refractivity contribution < 1.29 is 22.4 Å². The van der Waals surface area contributed by atoms with Gasteiger partial charge in [0.2, 0.25) is 5.76 Å². The maximum Gasteiger partial charge on any atom is 0.374 e. The molecule has 0 aliphatic carbocycles. The van der Waals surface area contributed by atoms with Crippen LogP contribution in [0.3, 0.4) is 0 Å². The zero-order valence-corrected chi connectivity index (χ0v) is 15.9. The van der Waals surface area contributed by atoms with Gasteiger partial charge < -0.3 is 9.15 Å². The minimum absolute atomic E-state index is 0.0425. The maximum atomic E-state index is 11.9. The number of ether oxygens (including phenoxy) is 1. The molecule has 1 aliphatic heterocycles. The van der Waals surface area contributed by atoms with E-state index in [0.717, 1.165) is 5.56 Å². The first kappa shape index (κ1) is 18.2. The summed E-state index contributed by atoms with van der Waals surface area (Å²) in [5, 5.41) is 2.01. The summed E-state index contributed by atoms with van der Waals surface area (Å²) in [5.74, 6) is 0.730. The van der Waals surface area contributed by atoms with Gasteiger partial charge in [-0.2, -0.15) is 0 Å². The van der Waals surface area contributed by atoms with Crippen molar-refractivity contribution in [2.75, 3.05) is 18.6 Å². The normalized spacial score (nSPS) is 19.4. The molecule has 8 heteroatoms. The van der Waals surface area contributed by atoms with E-state index in [1.807, 2.05) is 23.6 Å². The first-order valence-corrected chi connectivity index (χ1v) is 10.7. The molecule has 2 aromatic heterocycles. The predicted molar refractivity (Wildman–Crippen MR) is 95.4 cm³/mol. The van der Waals surface area contributed by atoms with Crippen LogP contribution in [0.25, 0.3) is 0 Å². The Labute approximate surface area is 151 Å². The molecular weight excluding hydrogens is 362 g/mol. The zero-order chi connectivity index (χ0) is 18.0. The van der Waals surface area contributed by atoms with Crippen LogP contribution in [0.1, 0.15) is 33.2 Å². The minimum atomic E-state index is -2.98. The van der Waals surface area contributed by atoms with Crippen LogP contribution in [-0.4, -0.2) is 43.9 Å². The summed E-state index contributed by atoms with van der Waals surface area (Å²) in [7, 11) is -1.66. The van der Waals surface area contributed by atoms with Crippen LogP contribution < -0.4 is 0 Å². The summed E-state index contributed by atoms with van der Waals surface area (Å²) < 4.78 is 34.1. The average molecular weight is 383 g/mol. The summed E-state index contributed by atoms with van der Waals surface area (Å²) in [6.07, 6.45) is 0.622. The molecule has 3 heterocycles. The van der Waals surface area contributed by atoms with Crippen molar-refractivity contribution in [1.29, 1.82) is 0 Å². The van der Waals surface area contributed by atoms with Crippen LogP contribution in [0, 0.1) is 6.92 Å². The number of furan rings is 1. The molecule has 0 N–H and O–H groups in total. The fourth-order valence-corrected chi connectivity index (χ4v) is 5.59. The highest BCUT2D eigenvalue weighted by molar-refractivity contribution is 7.91. The molecule has 1 saturated heterocycles. The van der Waals surface area contributed by atoms with E-state index in [1.54, 1.807) is 18.3 Å². The molecule has 0 spiro atoms. The molecule has 1 unspecified atom stereocenters. The fourth-order valence-electron chi connectivity index (χ4n) is 3.10. The van der Waals surface area contributed by atoms with Gasteiger partial charge in [-0.1, -0.05) is 6.07 Å². The summed E-state index contributed by atoms with van der Waals surface area (Å²) >= 11 is 1.64. The fraction of sp³-hybridized carbons (Fsp3) is 0.471. The summed E-state index contributed by atoms with van der Waals surface area (Å²) in [5.41, 5.74) is 0.719. The quantitative estimate of drug-likeness (QED) is 0.714. The Morgan fingerprint density at radius 1 is 1.44 bits per heavy atom. The van der Waals surface area contributed by atoms with Gasteiger partial charge in [0.15, 0.2) is 9.84 Å². The zero-order valence-electron chi connectivity index (χ0n) is 14.2. The van der Waals surface area contributed by atoms with Crippen LogP contribution in [0.4, 0.5) is 0 Å². The van der Waals surface area contributed by atoms with Crippen LogP contribution in [0.15, 0.2) is 28.0 Å². The number of sulfone groups is 1. The molecule has 1 fully saturated rings. The number of carbonyl (C=O) groups is 1. The molecule has 25 heavy (non-hydrogen) atoms. The van der Waals surface area contributed by atoms with Crippen molar-refractivity contribution in [3.63, 3.8) is 0 Å². The molecule has 2 aromatic rings. The van der Waals surface area contributed by atoms with Crippen molar-refractivity contribution in [1.82, 2.24) is 4.90 Å². The van der Waals surface area contributed by atoms with E-state index in [4.69, 9.17) is 9.15 Å². The molecule has 3 rings (SSSR count). The van der Waals surface area contributed by atoms with Gasteiger partial charge in [0.05, 0.1) is 25.2 Å². The smallest absolute Gasteiger partial charge is 0.374 e. The van der Waals surface area contributed by atoms with Crippen LogP contribution in [0.5, 0.6) is 0 Å². The summed E-state index contributed by atoms with van der Waals surface area (Å²) in [4.78, 5) is 15.0. The Bertz CT molecular complexity index is 839. The van der Waals surface area contributed by atoms with Crippen molar-refractivity contribution >= 4 is 27.1 Å². The summed E-state index contributed by atoms with van der Waals surface area (Å²) in [6.45, 7) is 2.91. The van der Waals surface area contributed by atoms with Gasteiger partial charge in [-0.15, -0.1) is 11.3 Å². The monoisotopic (exact) mass is 383 g/mol. The van der Waals surface area contributed by atoms with E-state index in [2.05, 4.69) is 4.90 Å². The third-order valence-corrected chi connectivity index (χ3v) is 6.97. The molecule has 136 valence electrons. The Balaban J connectivity index is 1.81. The minimum Gasteiger partial charge on any atom is -0.463 e. The van der Waals surface area contributed by atoms with Crippen molar-refractivity contribution in [3.05, 3.63) is 45.5 Å². The number of methoxy groups -OCH3 is 1. The van der Waals surface area contributed by atoms with Gasteiger partial charge in [-0.05, 0) is 30.9 Å². The van der Waals surface area contributed by atoms with Gasteiger partial charge in [0.25, 0.3) is 0 Å². The van der Waals surface area contributed by atoms with Crippen LogP contribution in [0.2, 0.25) is 0 Å². The molecular formula is C17H21NO5S2. The second kappa shape index (κ2) is 7.31. The lowest BCUT2D eigenvalue weighted by Crippen LogP contribution is -2.34. The average Bonchev–Trinajstić information content (AvgIpc) is 3.27. The molecule has 0 bridgehead atoms. The number of carbonyl (C=O) groups excluding carboxylic acids is 1. The summed E-state index contributed by atoms with van der Waals surface area (Å²) in [6, 6.07) is 5.79. The lowest BCUT2D eigenvalue weighted by atomic mass is 10.2. The molecule has 0 amide bonds. The van der Waals surface area contributed by atoms with Crippen molar-refractivity contribution in [2.24, 2.45) is 0 Å². The lowest BCUT2D eigenvalue weighted by Gasteiger charge is -2.26. The third-order valence-electron chi connectivity index (χ3n) is 4.36. The number of thiophene rings is 1. The third kappa shape index (κ3) is 4.31. The molecule has 0 saturated carbocycles. The number of aryl methyl sites for hydroxylation is 1. The first-order chi connectivity index (χ1) is 11.9. The molecule has 6 nitrogen and oxygen atoms in total. The highest BCUT2D eigenvalue weighted by atomic mass is 32.2. The predicted octanol–water partition coefficient (Wildman–Crippen LogP) is 2.63. The van der Waals surface area contributed by atoms with E-state index >= 15 is 0 Å². The Kier molecular flexibility index (Phi) is 5.31. The Morgan fingerprint density at radius 3 is 2.84 bits per heavy atom. The van der Waals surface area contributed by atoms with Gasteiger partial charge in [0, 0.05) is 23.0 Å². The molecule has 0 aromatic carbocycles. The SMILES string of the molecule is COC(=O)c1oc(CN(Cc2cccs2)C2CCS(=O)(=O)C2)cc1C. The van der Waals surface area contributed by atoms with Crippen LogP contribution in [-0.2, 0) is 27.7 Å². The van der Waals surface area contributed by atoms with E-state index in [1.165, 1.54) is 12.0 Å². The van der Waals surface area contributed by atoms with E-state index < -0.39 is 15.8 Å². The largest absolute Gasteiger partial charge is 0.463 e. The van der Waals surface area contributed by atoms with Gasteiger partial charge in [-0.3, -0.25) is 4.90 Å².